The predicted molar refractivity (Wildman–Crippen MR) is 111 cm³/mol. The van der Waals surface area contributed by atoms with Crippen LogP contribution in [0.4, 0.5) is 0 Å². The molecule has 0 saturated heterocycles. The summed E-state index contributed by atoms with van der Waals surface area (Å²) in [6.07, 6.45) is -0.204. The maximum absolute atomic E-state index is 12.6. The predicted octanol–water partition coefficient (Wildman–Crippen LogP) is 5.74. The van der Waals surface area contributed by atoms with Crippen molar-refractivity contribution in [2.75, 3.05) is 0 Å². The van der Waals surface area contributed by atoms with Gasteiger partial charge in [0.2, 0.25) is 0 Å². The lowest BCUT2D eigenvalue weighted by Gasteiger charge is -2.21. The summed E-state index contributed by atoms with van der Waals surface area (Å²) < 4.78 is 11.7. The monoisotopic (exact) mass is 374 g/mol. The van der Waals surface area contributed by atoms with Crippen LogP contribution in [0.25, 0.3) is 0 Å². The smallest absolute Gasteiger partial charge is 0.311 e. The van der Waals surface area contributed by atoms with E-state index in [0.717, 1.165) is 22.4 Å². The molecule has 0 N–H and O–H groups in total. The van der Waals surface area contributed by atoms with Gasteiger partial charge in [0.25, 0.3) is 0 Å². The molecule has 0 aliphatic rings. The molecule has 0 aliphatic carbocycles. The van der Waals surface area contributed by atoms with Crippen LogP contribution < -0.4 is 4.74 Å². The minimum absolute atomic E-state index is 0.214. The van der Waals surface area contributed by atoms with E-state index >= 15 is 0 Å². The Kier molecular flexibility index (Phi) is 6.15. The Balaban J connectivity index is 1.71. The van der Waals surface area contributed by atoms with E-state index in [4.69, 9.17) is 9.47 Å². The average molecular weight is 374 g/mol. The molecule has 3 rings (SSSR count). The van der Waals surface area contributed by atoms with E-state index < -0.39 is 6.10 Å². The second-order valence-electron chi connectivity index (χ2n) is 7.73. The van der Waals surface area contributed by atoms with Gasteiger partial charge >= 0.3 is 5.97 Å². The molecule has 3 nitrogen and oxygen atoms in total. The third-order valence-corrected chi connectivity index (χ3v) is 4.15. The molecule has 0 aliphatic heterocycles. The summed E-state index contributed by atoms with van der Waals surface area (Å²) in [7, 11) is 0. The summed E-state index contributed by atoms with van der Waals surface area (Å²) in [4.78, 5) is 12.6. The van der Waals surface area contributed by atoms with Crippen LogP contribution in [-0.2, 0) is 16.0 Å². The van der Waals surface area contributed by atoms with Crippen LogP contribution in [0.15, 0.2) is 84.9 Å². The average Bonchev–Trinajstić information content (AvgIpc) is 2.68. The first-order valence-corrected chi connectivity index (χ1v) is 9.48. The molecule has 0 heterocycles. The zero-order chi connectivity index (χ0) is 20.0. The molecule has 3 aromatic rings. The Morgan fingerprint density at radius 2 is 1.29 bits per heavy atom. The first kappa shape index (κ1) is 19.7. The second-order valence-corrected chi connectivity index (χ2v) is 7.73. The SMILES string of the molecule is CC(C)(C)Oc1ccc(CC(=O)OC(c2ccccc2)c2ccccc2)cc1. The van der Waals surface area contributed by atoms with E-state index in [1.54, 1.807) is 0 Å². The number of carbonyl (C=O) groups excluding carboxylic acids is 1. The largest absolute Gasteiger partial charge is 0.488 e. The minimum Gasteiger partial charge on any atom is -0.488 e. The number of ether oxygens (including phenoxy) is 2. The van der Waals surface area contributed by atoms with E-state index in [0.29, 0.717) is 0 Å². The highest BCUT2D eigenvalue weighted by molar-refractivity contribution is 5.73. The Bertz CT molecular complexity index is 839. The van der Waals surface area contributed by atoms with E-state index in [1.807, 2.05) is 106 Å². The van der Waals surface area contributed by atoms with E-state index in [9.17, 15) is 4.79 Å². The number of carbonyl (C=O) groups is 1. The molecule has 144 valence electrons. The van der Waals surface area contributed by atoms with Crippen molar-refractivity contribution >= 4 is 5.97 Å². The molecule has 3 heteroatoms. The Labute approximate surface area is 166 Å². The van der Waals surface area contributed by atoms with Crippen molar-refractivity contribution in [2.24, 2.45) is 0 Å². The zero-order valence-corrected chi connectivity index (χ0v) is 16.6. The molecule has 28 heavy (non-hydrogen) atoms. The van der Waals surface area contributed by atoms with Gasteiger partial charge in [-0.1, -0.05) is 72.8 Å². The number of hydrogen-bond donors (Lipinski definition) is 0. The van der Waals surface area contributed by atoms with Gasteiger partial charge in [-0.3, -0.25) is 4.79 Å². The van der Waals surface area contributed by atoms with Crippen molar-refractivity contribution in [2.45, 2.75) is 38.9 Å². The van der Waals surface area contributed by atoms with Crippen molar-refractivity contribution < 1.29 is 14.3 Å². The van der Waals surface area contributed by atoms with Gasteiger partial charge in [0.05, 0.1) is 6.42 Å². The molecule has 0 bridgehead atoms. The zero-order valence-electron chi connectivity index (χ0n) is 16.6. The van der Waals surface area contributed by atoms with Gasteiger partial charge in [-0.2, -0.15) is 0 Å². The number of esters is 1. The van der Waals surface area contributed by atoms with Crippen molar-refractivity contribution in [3.63, 3.8) is 0 Å². The molecule has 0 atom stereocenters. The molecule has 0 unspecified atom stereocenters. The third-order valence-electron chi connectivity index (χ3n) is 4.15. The Morgan fingerprint density at radius 1 is 0.786 bits per heavy atom. The lowest BCUT2D eigenvalue weighted by molar-refractivity contribution is -0.146. The van der Waals surface area contributed by atoms with E-state index in [2.05, 4.69) is 0 Å². The second kappa shape index (κ2) is 8.75. The normalized spacial score (nSPS) is 11.3. The highest BCUT2D eigenvalue weighted by Crippen LogP contribution is 2.26. The summed E-state index contributed by atoms with van der Waals surface area (Å²) in [6.45, 7) is 6.02. The highest BCUT2D eigenvalue weighted by atomic mass is 16.5. The summed E-state index contributed by atoms with van der Waals surface area (Å²) in [5.74, 6) is 0.526. The minimum atomic E-state index is -0.418. The number of hydrogen-bond acceptors (Lipinski definition) is 3. The summed E-state index contributed by atoms with van der Waals surface area (Å²) in [5, 5.41) is 0. The van der Waals surface area contributed by atoms with Crippen LogP contribution in [0.5, 0.6) is 5.75 Å². The van der Waals surface area contributed by atoms with Crippen molar-refractivity contribution in [3.05, 3.63) is 102 Å². The molecule has 0 amide bonds. The summed E-state index contributed by atoms with van der Waals surface area (Å²) in [5.41, 5.74) is 2.55. The summed E-state index contributed by atoms with van der Waals surface area (Å²) in [6, 6.07) is 27.2. The highest BCUT2D eigenvalue weighted by Gasteiger charge is 2.19. The van der Waals surface area contributed by atoms with Gasteiger partial charge in [0.1, 0.15) is 11.4 Å². The molecule has 0 saturated carbocycles. The third kappa shape index (κ3) is 5.71. The first-order chi connectivity index (χ1) is 13.4. The van der Waals surface area contributed by atoms with E-state index in [-0.39, 0.29) is 18.0 Å². The molecular formula is C25H26O3. The first-order valence-electron chi connectivity index (χ1n) is 9.48. The van der Waals surface area contributed by atoms with Crippen LogP contribution in [0.3, 0.4) is 0 Å². The quantitative estimate of drug-likeness (QED) is 0.516. The van der Waals surface area contributed by atoms with Crippen LogP contribution >= 0.6 is 0 Å². The van der Waals surface area contributed by atoms with Gasteiger partial charge in [-0.15, -0.1) is 0 Å². The van der Waals surface area contributed by atoms with Gasteiger partial charge in [-0.25, -0.2) is 0 Å². The fourth-order valence-electron chi connectivity index (χ4n) is 2.95. The van der Waals surface area contributed by atoms with Gasteiger partial charge in [0.15, 0.2) is 6.10 Å². The van der Waals surface area contributed by atoms with Crippen LogP contribution in [-0.4, -0.2) is 11.6 Å². The van der Waals surface area contributed by atoms with Crippen molar-refractivity contribution in [1.82, 2.24) is 0 Å². The fraction of sp³-hybridized carbons (Fsp3) is 0.240. The fourth-order valence-corrected chi connectivity index (χ4v) is 2.95. The molecule has 0 spiro atoms. The molecular weight excluding hydrogens is 348 g/mol. The summed E-state index contributed by atoms with van der Waals surface area (Å²) >= 11 is 0. The topological polar surface area (TPSA) is 35.5 Å². The number of benzene rings is 3. The van der Waals surface area contributed by atoms with E-state index in [1.165, 1.54) is 0 Å². The lowest BCUT2D eigenvalue weighted by Crippen LogP contribution is -2.22. The van der Waals surface area contributed by atoms with Gasteiger partial charge < -0.3 is 9.47 Å². The lowest BCUT2D eigenvalue weighted by atomic mass is 10.0. The van der Waals surface area contributed by atoms with Crippen LogP contribution in [0.2, 0.25) is 0 Å². The van der Waals surface area contributed by atoms with Gasteiger partial charge in [-0.05, 0) is 49.6 Å². The van der Waals surface area contributed by atoms with Crippen molar-refractivity contribution in [3.8, 4) is 5.75 Å². The van der Waals surface area contributed by atoms with Crippen LogP contribution in [0, 0.1) is 0 Å². The maximum Gasteiger partial charge on any atom is 0.311 e. The Morgan fingerprint density at radius 3 is 1.75 bits per heavy atom. The maximum atomic E-state index is 12.6. The Hall–Kier alpha value is -3.07. The van der Waals surface area contributed by atoms with Crippen molar-refractivity contribution in [1.29, 1.82) is 0 Å². The number of rotatable bonds is 6. The standard InChI is InChI=1S/C25H26O3/c1-25(2,3)28-22-16-14-19(15-17-22)18-23(26)27-24(20-10-6-4-7-11-20)21-12-8-5-9-13-21/h4-17,24H,18H2,1-3H3. The van der Waals surface area contributed by atoms with Gasteiger partial charge in [0, 0.05) is 0 Å². The molecule has 0 fully saturated rings. The molecule has 3 aromatic carbocycles. The molecule has 0 aromatic heterocycles. The molecule has 0 radical (unpaired) electrons. The van der Waals surface area contributed by atoms with Crippen LogP contribution in [0.1, 0.15) is 43.6 Å².